The van der Waals surface area contributed by atoms with Gasteiger partial charge in [-0.2, -0.15) is 0 Å². The number of hydrogen-bond donors (Lipinski definition) is 1. The van der Waals surface area contributed by atoms with E-state index in [1.165, 1.54) is 4.88 Å². The summed E-state index contributed by atoms with van der Waals surface area (Å²) in [7, 11) is 0. The standard InChI is InChI=1S/C14H20N2OS2/c1-7(2)8(3)6-16-13(17)11-9(4)10(5)19-12(11)15-14(16)18/h7-8H,6H2,1-5H3,(H,15,18). The molecule has 0 bridgehead atoms. The molecule has 3 nitrogen and oxygen atoms in total. The molecular weight excluding hydrogens is 276 g/mol. The van der Waals surface area contributed by atoms with Gasteiger partial charge >= 0.3 is 0 Å². The van der Waals surface area contributed by atoms with E-state index >= 15 is 0 Å². The molecule has 0 fully saturated rings. The third-order valence-corrected chi connectivity index (χ3v) is 5.36. The van der Waals surface area contributed by atoms with E-state index in [9.17, 15) is 4.79 Å². The fourth-order valence-electron chi connectivity index (χ4n) is 2.03. The van der Waals surface area contributed by atoms with E-state index in [1.807, 2.05) is 13.8 Å². The number of H-pyrrole nitrogens is 1. The Hall–Kier alpha value is -0.940. The Morgan fingerprint density at radius 1 is 1.32 bits per heavy atom. The first-order chi connectivity index (χ1) is 8.82. The first kappa shape index (κ1) is 14.5. The zero-order valence-electron chi connectivity index (χ0n) is 12.0. The zero-order chi connectivity index (χ0) is 14.3. The van der Waals surface area contributed by atoms with Crippen molar-refractivity contribution in [3.63, 3.8) is 0 Å². The van der Waals surface area contributed by atoms with Crippen LogP contribution in [0.3, 0.4) is 0 Å². The van der Waals surface area contributed by atoms with E-state index in [0.29, 0.717) is 23.2 Å². The second kappa shape index (κ2) is 5.21. The van der Waals surface area contributed by atoms with Gasteiger partial charge in [0.05, 0.1) is 5.39 Å². The second-order valence-electron chi connectivity index (χ2n) is 5.55. The van der Waals surface area contributed by atoms with Crippen LogP contribution in [0.1, 0.15) is 31.2 Å². The number of nitrogens with zero attached hydrogens (tertiary/aromatic N) is 1. The molecule has 19 heavy (non-hydrogen) atoms. The van der Waals surface area contributed by atoms with Crippen molar-refractivity contribution in [2.75, 3.05) is 0 Å². The van der Waals surface area contributed by atoms with Crippen LogP contribution in [0.25, 0.3) is 10.2 Å². The SMILES string of the molecule is Cc1sc2[nH]c(=S)n(CC(C)C(C)C)c(=O)c2c1C. The first-order valence-electron chi connectivity index (χ1n) is 6.55. The van der Waals surface area contributed by atoms with Gasteiger partial charge in [-0.05, 0) is 43.5 Å². The van der Waals surface area contributed by atoms with Crippen LogP contribution in [0.2, 0.25) is 0 Å². The second-order valence-corrected chi connectivity index (χ2v) is 7.17. The maximum Gasteiger partial charge on any atom is 0.263 e. The lowest BCUT2D eigenvalue weighted by atomic mass is 9.98. The van der Waals surface area contributed by atoms with Crippen molar-refractivity contribution in [3.8, 4) is 0 Å². The van der Waals surface area contributed by atoms with Crippen molar-refractivity contribution in [1.82, 2.24) is 9.55 Å². The number of thiophene rings is 1. The number of rotatable bonds is 3. The highest BCUT2D eigenvalue weighted by Crippen LogP contribution is 2.26. The van der Waals surface area contributed by atoms with E-state index in [4.69, 9.17) is 12.2 Å². The normalized spacial score (nSPS) is 13.4. The molecule has 0 amide bonds. The minimum Gasteiger partial charge on any atom is -0.323 e. The molecule has 0 saturated heterocycles. The summed E-state index contributed by atoms with van der Waals surface area (Å²) in [6.45, 7) is 11.2. The summed E-state index contributed by atoms with van der Waals surface area (Å²) in [5.41, 5.74) is 1.12. The van der Waals surface area contributed by atoms with Gasteiger partial charge in [0, 0.05) is 11.4 Å². The topological polar surface area (TPSA) is 37.8 Å². The van der Waals surface area contributed by atoms with Crippen molar-refractivity contribution < 1.29 is 0 Å². The molecule has 2 heterocycles. The van der Waals surface area contributed by atoms with Crippen molar-refractivity contribution >= 4 is 33.8 Å². The van der Waals surface area contributed by atoms with Crippen LogP contribution >= 0.6 is 23.6 Å². The molecule has 0 aliphatic carbocycles. The highest BCUT2D eigenvalue weighted by Gasteiger charge is 2.15. The predicted molar refractivity (Wildman–Crippen MR) is 84.7 cm³/mol. The summed E-state index contributed by atoms with van der Waals surface area (Å²) in [6.07, 6.45) is 0. The first-order valence-corrected chi connectivity index (χ1v) is 7.78. The Kier molecular flexibility index (Phi) is 3.97. The Balaban J connectivity index is 2.66. The van der Waals surface area contributed by atoms with Gasteiger partial charge in [-0.3, -0.25) is 9.36 Å². The van der Waals surface area contributed by atoms with Gasteiger partial charge in [-0.15, -0.1) is 11.3 Å². The van der Waals surface area contributed by atoms with Crippen LogP contribution in [0.15, 0.2) is 4.79 Å². The van der Waals surface area contributed by atoms with Gasteiger partial charge in [0.25, 0.3) is 5.56 Å². The summed E-state index contributed by atoms with van der Waals surface area (Å²) in [6, 6.07) is 0. The van der Waals surface area contributed by atoms with Crippen molar-refractivity contribution in [1.29, 1.82) is 0 Å². The third-order valence-electron chi connectivity index (χ3n) is 3.92. The number of nitrogens with one attached hydrogen (secondary N) is 1. The van der Waals surface area contributed by atoms with Crippen molar-refractivity contribution in [2.45, 2.75) is 41.2 Å². The monoisotopic (exact) mass is 296 g/mol. The average molecular weight is 296 g/mol. The molecule has 0 radical (unpaired) electrons. The fourth-order valence-corrected chi connectivity index (χ4v) is 3.40. The Morgan fingerprint density at radius 2 is 1.95 bits per heavy atom. The molecule has 0 aromatic carbocycles. The lowest BCUT2D eigenvalue weighted by Gasteiger charge is -2.17. The molecule has 0 aliphatic heterocycles. The highest BCUT2D eigenvalue weighted by molar-refractivity contribution is 7.71. The molecule has 2 rings (SSSR count). The van der Waals surface area contributed by atoms with E-state index in [2.05, 4.69) is 25.8 Å². The molecular formula is C14H20N2OS2. The lowest BCUT2D eigenvalue weighted by Crippen LogP contribution is -2.26. The molecule has 2 aromatic heterocycles. The number of aromatic nitrogens is 2. The van der Waals surface area contributed by atoms with Crippen LogP contribution in [0.4, 0.5) is 0 Å². The molecule has 2 aromatic rings. The van der Waals surface area contributed by atoms with Crippen LogP contribution in [0.5, 0.6) is 0 Å². The van der Waals surface area contributed by atoms with E-state index in [0.717, 1.165) is 15.8 Å². The predicted octanol–water partition coefficient (Wildman–Crippen LogP) is 4.03. The maximum atomic E-state index is 12.6. The van der Waals surface area contributed by atoms with Crippen LogP contribution < -0.4 is 5.56 Å². The molecule has 0 aliphatic rings. The van der Waals surface area contributed by atoms with E-state index in [-0.39, 0.29) is 5.56 Å². The smallest absolute Gasteiger partial charge is 0.263 e. The van der Waals surface area contributed by atoms with Gasteiger partial charge in [0.15, 0.2) is 4.77 Å². The van der Waals surface area contributed by atoms with Crippen molar-refractivity contribution in [3.05, 3.63) is 25.6 Å². The molecule has 1 atom stereocenters. The lowest BCUT2D eigenvalue weighted by molar-refractivity contribution is 0.357. The zero-order valence-corrected chi connectivity index (χ0v) is 13.7. The molecule has 5 heteroatoms. The van der Waals surface area contributed by atoms with E-state index < -0.39 is 0 Å². The molecule has 1 N–H and O–H groups in total. The largest absolute Gasteiger partial charge is 0.323 e. The minimum absolute atomic E-state index is 0.0492. The summed E-state index contributed by atoms with van der Waals surface area (Å²) in [5.74, 6) is 0.951. The fraction of sp³-hybridized carbons (Fsp3) is 0.571. The van der Waals surface area contributed by atoms with Gasteiger partial charge in [0.2, 0.25) is 0 Å². The quantitative estimate of drug-likeness (QED) is 0.868. The maximum absolute atomic E-state index is 12.6. The van der Waals surface area contributed by atoms with Gasteiger partial charge < -0.3 is 4.98 Å². The summed E-state index contributed by atoms with van der Waals surface area (Å²) >= 11 is 6.94. The minimum atomic E-state index is 0.0492. The van der Waals surface area contributed by atoms with Crippen LogP contribution in [0, 0.1) is 30.5 Å². The molecule has 0 saturated carbocycles. The summed E-state index contributed by atoms with van der Waals surface area (Å²) < 4.78 is 2.24. The number of aromatic amines is 1. The number of aryl methyl sites for hydroxylation is 2. The van der Waals surface area contributed by atoms with Crippen molar-refractivity contribution in [2.24, 2.45) is 11.8 Å². The average Bonchev–Trinajstić information content (AvgIpc) is 2.59. The Labute approximate surface area is 122 Å². The third kappa shape index (κ3) is 2.54. The summed E-state index contributed by atoms with van der Waals surface area (Å²) in [4.78, 5) is 17.9. The van der Waals surface area contributed by atoms with Gasteiger partial charge in [-0.25, -0.2) is 0 Å². The van der Waals surface area contributed by atoms with E-state index in [1.54, 1.807) is 15.9 Å². The highest BCUT2D eigenvalue weighted by atomic mass is 32.1. The molecule has 1 unspecified atom stereocenters. The molecule has 104 valence electrons. The number of hydrogen-bond acceptors (Lipinski definition) is 3. The number of fused-ring (bicyclic) bond motifs is 1. The van der Waals surface area contributed by atoms with Gasteiger partial charge in [-0.1, -0.05) is 20.8 Å². The Morgan fingerprint density at radius 3 is 2.53 bits per heavy atom. The molecule has 0 spiro atoms. The van der Waals surface area contributed by atoms with Gasteiger partial charge in [0.1, 0.15) is 4.83 Å². The van der Waals surface area contributed by atoms with Crippen LogP contribution in [-0.4, -0.2) is 9.55 Å². The summed E-state index contributed by atoms with van der Waals surface area (Å²) in [5, 5.41) is 0.798. The van der Waals surface area contributed by atoms with Crippen LogP contribution in [-0.2, 0) is 6.54 Å². The Bertz CT molecular complexity index is 721.